The molecule has 270 valence electrons. The summed E-state index contributed by atoms with van der Waals surface area (Å²) >= 11 is 0. The van der Waals surface area contributed by atoms with Gasteiger partial charge in [-0.15, -0.1) is 0 Å². The number of amides is 3. The number of H-pyrrole nitrogens is 1. The van der Waals surface area contributed by atoms with Crippen LogP contribution in [-0.4, -0.2) is 70.8 Å². The maximum atomic E-state index is 13.9. The Morgan fingerprint density at radius 1 is 0.800 bits per heavy atom. The molecule has 3 aromatic rings. The first kappa shape index (κ1) is 39.0. The molecule has 0 unspecified atom stereocenters. The molecule has 15 heteroatoms. The summed E-state index contributed by atoms with van der Waals surface area (Å²) in [5.74, 6) is -1.01. The Balaban J connectivity index is 1.80. The van der Waals surface area contributed by atoms with Crippen molar-refractivity contribution in [3.05, 3.63) is 77.6 Å². The summed E-state index contributed by atoms with van der Waals surface area (Å²) in [6.45, 7) is 7.27. The third-order valence-corrected chi connectivity index (χ3v) is 7.90. The third kappa shape index (κ3) is 13.2. The number of imidazole rings is 1. The van der Waals surface area contributed by atoms with E-state index in [1.165, 1.54) is 5.56 Å². The molecule has 50 heavy (non-hydrogen) atoms. The molecule has 3 atom stereocenters. The summed E-state index contributed by atoms with van der Waals surface area (Å²) in [7, 11) is 0. The molecular weight excluding hydrogens is 636 g/mol. The molecule has 0 saturated heterocycles. The van der Waals surface area contributed by atoms with Gasteiger partial charge in [0.25, 0.3) is 0 Å². The van der Waals surface area contributed by atoms with Crippen LogP contribution < -0.4 is 44.6 Å². The summed E-state index contributed by atoms with van der Waals surface area (Å²) in [5, 5.41) is 8.49. The van der Waals surface area contributed by atoms with Gasteiger partial charge in [-0.05, 0) is 42.2 Å². The molecule has 0 radical (unpaired) electrons. The van der Waals surface area contributed by atoms with Crippen LogP contribution >= 0.6 is 0 Å². The number of carbonyl (C=O) groups excluding carboxylic acids is 3. The molecule has 1 aromatic heterocycles. The highest BCUT2D eigenvalue weighted by molar-refractivity contribution is 5.93. The van der Waals surface area contributed by atoms with E-state index in [1.54, 1.807) is 6.20 Å². The standard InChI is InChI=1S/C35H52N12O3/c1-35(2,3)24-15-13-23(14-16-24)29-43-21-25(45-29)19-28(47-30(48)26(36)11-7-17-41-33(37)38)32(50)46-27(12-8-18-42-34(39)40)31(49)44-20-22-9-5-4-6-10-22/h4-6,9-10,13-16,21,26-28H,7-8,11-12,17-20,36H2,1-3H3,(H,43,45)(H,44,49)(H,46,50)(H,47,48)(H4,37,38,41)(H4,39,40,42)/t26-,27-,28-/m0/s1. The van der Waals surface area contributed by atoms with Crippen molar-refractivity contribution in [3.8, 4) is 11.4 Å². The molecule has 3 amide bonds. The van der Waals surface area contributed by atoms with E-state index in [-0.39, 0.29) is 49.7 Å². The van der Waals surface area contributed by atoms with Crippen molar-refractivity contribution in [1.29, 1.82) is 0 Å². The zero-order chi connectivity index (χ0) is 36.7. The molecule has 0 saturated carbocycles. The predicted octanol–water partition coefficient (Wildman–Crippen LogP) is 0.637. The number of nitrogens with one attached hydrogen (secondary N) is 4. The maximum Gasteiger partial charge on any atom is 0.243 e. The largest absolute Gasteiger partial charge is 0.370 e. The molecule has 15 nitrogen and oxygen atoms in total. The van der Waals surface area contributed by atoms with Crippen molar-refractivity contribution in [2.75, 3.05) is 13.1 Å². The highest BCUT2D eigenvalue weighted by Crippen LogP contribution is 2.25. The van der Waals surface area contributed by atoms with Gasteiger partial charge in [-0.3, -0.25) is 24.4 Å². The molecular formula is C35H52N12O3. The number of aromatic amines is 1. The average Bonchev–Trinajstić information content (AvgIpc) is 3.55. The lowest BCUT2D eigenvalue weighted by Crippen LogP contribution is -2.56. The molecule has 2 aromatic carbocycles. The average molecular weight is 689 g/mol. The number of carbonyl (C=O) groups is 3. The molecule has 1 heterocycles. The van der Waals surface area contributed by atoms with Gasteiger partial charge >= 0.3 is 0 Å². The van der Waals surface area contributed by atoms with E-state index in [9.17, 15) is 14.4 Å². The monoisotopic (exact) mass is 688 g/mol. The van der Waals surface area contributed by atoms with Gasteiger partial charge in [0.2, 0.25) is 17.7 Å². The topological polar surface area (TPSA) is 271 Å². The second-order valence-electron chi connectivity index (χ2n) is 13.1. The maximum absolute atomic E-state index is 13.9. The van der Waals surface area contributed by atoms with Crippen molar-refractivity contribution < 1.29 is 14.4 Å². The molecule has 0 spiro atoms. The summed E-state index contributed by atoms with van der Waals surface area (Å²) < 4.78 is 0. The van der Waals surface area contributed by atoms with Crippen LogP contribution in [0.1, 0.15) is 63.3 Å². The number of benzene rings is 2. The summed E-state index contributed by atoms with van der Waals surface area (Å²) in [6.07, 6.45) is 3.07. The van der Waals surface area contributed by atoms with Crippen LogP contribution in [0, 0.1) is 0 Å². The van der Waals surface area contributed by atoms with Crippen molar-refractivity contribution in [2.45, 2.75) is 83.0 Å². The van der Waals surface area contributed by atoms with Gasteiger partial charge in [0.15, 0.2) is 11.9 Å². The summed E-state index contributed by atoms with van der Waals surface area (Å²) in [4.78, 5) is 56.2. The first-order valence-electron chi connectivity index (χ1n) is 16.7. The predicted molar refractivity (Wildman–Crippen MR) is 196 cm³/mol. The Labute approximate surface area is 293 Å². The zero-order valence-electron chi connectivity index (χ0n) is 29.1. The quantitative estimate of drug-likeness (QED) is 0.0515. The van der Waals surface area contributed by atoms with Crippen LogP contribution in [0.5, 0.6) is 0 Å². The second-order valence-corrected chi connectivity index (χ2v) is 13.1. The van der Waals surface area contributed by atoms with Crippen LogP contribution in [-0.2, 0) is 32.8 Å². The van der Waals surface area contributed by atoms with Crippen molar-refractivity contribution in [2.24, 2.45) is 38.7 Å². The van der Waals surface area contributed by atoms with Crippen molar-refractivity contribution in [1.82, 2.24) is 25.9 Å². The van der Waals surface area contributed by atoms with Crippen LogP contribution in [0.3, 0.4) is 0 Å². The van der Waals surface area contributed by atoms with Crippen molar-refractivity contribution >= 4 is 29.6 Å². The minimum Gasteiger partial charge on any atom is -0.370 e. The molecule has 0 aliphatic carbocycles. The van der Waals surface area contributed by atoms with E-state index in [0.717, 1.165) is 11.1 Å². The number of guanidine groups is 2. The van der Waals surface area contributed by atoms with Gasteiger partial charge in [-0.25, -0.2) is 4.98 Å². The number of rotatable bonds is 18. The van der Waals surface area contributed by atoms with Gasteiger partial charge in [0, 0.05) is 43.5 Å². The van der Waals surface area contributed by atoms with Gasteiger partial charge < -0.3 is 49.6 Å². The van der Waals surface area contributed by atoms with Gasteiger partial charge in [0.1, 0.15) is 17.9 Å². The van der Waals surface area contributed by atoms with E-state index in [4.69, 9.17) is 28.7 Å². The third-order valence-electron chi connectivity index (χ3n) is 7.90. The fourth-order valence-electron chi connectivity index (χ4n) is 5.05. The first-order chi connectivity index (χ1) is 23.7. The van der Waals surface area contributed by atoms with E-state index >= 15 is 0 Å². The smallest absolute Gasteiger partial charge is 0.243 e. The number of hydrogen-bond acceptors (Lipinski definition) is 7. The summed E-state index contributed by atoms with van der Waals surface area (Å²) in [5.41, 5.74) is 31.4. The lowest BCUT2D eigenvalue weighted by Gasteiger charge is -2.24. The zero-order valence-corrected chi connectivity index (χ0v) is 29.1. The first-order valence-corrected chi connectivity index (χ1v) is 16.7. The second kappa shape index (κ2) is 18.9. The number of nitrogens with zero attached hydrogens (tertiary/aromatic N) is 3. The fourth-order valence-corrected chi connectivity index (χ4v) is 5.05. The Morgan fingerprint density at radius 3 is 2.00 bits per heavy atom. The minimum atomic E-state index is -1.09. The summed E-state index contributed by atoms with van der Waals surface area (Å²) in [6, 6.07) is 14.5. The van der Waals surface area contributed by atoms with Crippen LogP contribution in [0.4, 0.5) is 0 Å². The highest BCUT2D eigenvalue weighted by atomic mass is 16.2. The number of aliphatic imine (C=N–C) groups is 2. The Bertz CT molecular complexity index is 1590. The molecule has 0 bridgehead atoms. The molecule has 14 N–H and O–H groups in total. The van der Waals surface area contributed by atoms with Crippen LogP contribution in [0.15, 0.2) is 70.8 Å². The SMILES string of the molecule is CC(C)(C)c1ccc(-c2ncc(C[C@H](NC(=O)[C@@H](N)CCCN=C(N)N)C(=O)N[C@@H](CCCN=C(N)N)C(=O)NCc3ccccc3)[nH]2)cc1. The van der Waals surface area contributed by atoms with E-state index < -0.39 is 35.8 Å². The van der Waals surface area contributed by atoms with E-state index in [1.807, 2.05) is 42.5 Å². The number of hydrogen-bond donors (Lipinski definition) is 9. The number of aromatic nitrogens is 2. The molecule has 0 aliphatic rings. The Kier molecular flexibility index (Phi) is 14.8. The van der Waals surface area contributed by atoms with E-state index in [0.29, 0.717) is 30.9 Å². The van der Waals surface area contributed by atoms with E-state index in [2.05, 4.69) is 68.8 Å². The van der Waals surface area contributed by atoms with Gasteiger partial charge in [0.05, 0.1) is 6.04 Å². The van der Waals surface area contributed by atoms with Gasteiger partial charge in [-0.2, -0.15) is 0 Å². The van der Waals surface area contributed by atoms with Crippen LogP contribution in [0.2, 0.25) is 0 Å². The lowest BCUT2D eigenvalue weighted by molar-refractivity contribution is -0.132. The Morgan fingerprint density at radius 2 is 1.40 bits per heavy atom. The highest BCUT2D eigenvalue weighted by Gasteiger charge is 2.29. The van der Waals surface area contributed by atoms with Crippen LogP contribution in [0.25, 0.3) is 11.4 Å². The lowest BCUT2D eigenvalue weighted by atomic mass is 9.87. The normalized spacial score (nSPS) is 13.0. The molecule has 0 aliphatic heterocycles. The van der Waals surface area contributed by atoms with Crippen molar-refractivity contribution in [3.63, 3.8) is 0 Å². The molecule has 0 fully saturated rings. The number of nitrogens with two attached hydrogens (primary N) is 5. The minimum absolute atomic E-state index is 0.00121. The molecule has 3 rings (SSSR count). The fraction of sp³-hybridized carbons (Fsp3) is 0.429. The Hall–Kier alpha value is -5.44. The van der Waals surface area contributed by atoms with Gasteiger partial charge in [-0.1, -0.05) is 75.4 Å².